The topological polar surface area (TPSA) is 46.6 Å². The average Bonchev–Trinajstić information content (AvgIpc) is 2.67. The summed E-state index contributed by atoms with van der Waals surface area (Å²) >= 11 is 0. The van der Waals surface area contributed by atoms with E-state index in [-0.39, 0.29) is 6.10 Å². The van der Waals surface area contributed by atoms with Gasteiger partial charge in [-0.3, -0.25) is 0 Å². The van der Waals surface area contributed by atoms with Crippen LogP contribution in [-0.2, 0) is 21.2 Å². The van der Waals surface area contributed by atoms with Crippen molar-refractivity contribution >= 4 is 10.0 Å². The second-order valence-corrected chi connectivity index (χ2v) is 8.59. The smallest absolute Gasteiger partial charge is 0.243 e. The maximum absolute atomic E-state index is 12.9. The van der Waals surface area contributed by atoms with Crippen LogP contribution >= 0.6 is 0 Å². The first-order valence-corrected chi connectivity index (χ1v) is 10.7. The van der Waals surface area contributed by atoms with Gasteiger partial charge in [0.15, 0.2) is 0 Å². The van der Waals surface area contributed by atoms with Crippen LogP contribution in [0, 0.1) is 6.92 Å². The Balaban J connectivity index is 1.98. The maximum Gasteiger partial charge on any atom is 0.243 e. The largest absolute Gasteiger partial charge is 0.381 e. The van der Waals surface area contributed by atoms with Crippen molar-refractivity contribution in [3.63, 3.8) is 0 Å². The van der Waals surface area contributed by atoms with Gasteiger partial charge in [-0.05, 0) is 43.9 Å². The molecule has 27 heavy (non-hydrogen) atoms. The monoisotopic (exact) mass is 387 g/mol. The first-order valence-electron chi connectivity index (χ1n) is 9.22. The van der Waals surface area contributed by atoms with Gasteiger partial charge in [-0.1, -0.05) is 54.1 Å². The van der Waals surface area contributed by atoms with Gasteiger partial charge < -0.3 is 4.74 Å². The Morgan fingerprint density at radius 3 is 2.37 bits per heavy atom. The van der Waals surface area contributed by atoms with Crippen molar-refractivity contribution in [3.8, 4) is 0 Å². The molecular formula is C22H29NO3S. The number of aryl methyl sites for hydroxylation is 1. The number of hydrogen-bond donors (Lipinski definition) is 0. The number of nitrogens with zero attached hydrogens (tertiary/aromatic N) is 1. The van der Waals surface area contributed by atoms with Crippen LogP contribution in [0.1, 0.15) is 24.0 Å². The van der Waals surface area contributed by atoms with E-state index in [9.17, 15) is 8.42 Å². The van der Waals surface area contributed by atoms with E-state index in [2.05, 4.69) is 18.7 Å². The van der Waals surface area contributed by atoms with E-state index in [1.165, 1.54) is 9.87 Å². The number of hydrogen-bond acceptors (Lipinski definition) is 3. The summed E-state index contributed by atoms with van der Waals surface area (Å²) in [6.45, 7) is 6.39. The summed E-state index contributed by atoms with van der Waals surface area (Å²) in [5.41, 5.74) is 2.26. The van der Waals surface area contributed by atoms with Crippen LogP contribution in [-0.4, -0.2) is 39.0 Å². The molecule has 0 spiro atoms. The molecule has 1 atom stereocenters. The van der Waals surface area contributed by atoms with Crippen LogP contribution in [0.25, 0.3) is 0 Å². The fourth-order valence-electron chi connectivity index (χ4n) is 2.99. The summed E-state index contributed by atoms with van der Waals surface area (Å²) < 4.78 is 32.9. The molecule has 0 saturated carbocycles. The molecule has 2 aromatic carbocycles. The lowest BCUT2D eigenvalue weighted by atomic mass is 10.0. The van der Waals surface area contributed by atoms with Gasteiger partial charge in [0.05, 0.1) is 11.0 Å². The Kier molecular flexibility index (Phi) is 8.23. The zero-order valence-corrected chi connectivity index (χ0v) is 17.0. The van der Waals surface area contributed by atoms with E-state index < -0.39 is 10.0 Å². The van der Waals surface area contributed by atoms with Crippen molar-refractivity contribution in [1.29, 1.82) is 0 Å². The highest BCUT2D eigenvalue weighted by Crippen LogP contribution is 2.18. The highest BCUT2D eigenvalue weighted by Gasteiger charge is 2.23. The van der Waals surface area contributed by atoms with Gasteiger partial charge in [0, 0.05) is 20.2 Å². The van der Waals surface area contributed by atoms with Crippen molar-refractivity contribution in [2.45, 2.75) is 37.2 Å². The SMILES string of the molecule is C=CCN(CCCC(Cc1ccccc1)OC)S(=O)(=O)c1ccc(C)cc1. The highest BCUT2D eigenvalue weighted by atomic mass is 32.2. The lowest BCUT2D eigenvalue weighted by Crippen LogP contribution is -2.33. The third-order valence-electron chi connectivity index (χ3n) is 4.56. The molecule has 0 aliphatic rings. The van der Waals surface area contributed by atoms with Crippen molar-refractivity contribution in [2.24, 2.45) is 0 Å². The zero-order valence-electron chi connectivity index (χ0n) is 16.2. The summed E-state index contributed by atoms with van der Waals surface area (Å²) in [7, 11) is -1.82. The number of methoxy groups -OCH3 is 1. The van der Waals surface area contributed by atoms with Gasteiger partial charge in [0.1, 0.15) is 0 Å². The van der Waals surface area contributed by atoms with E-state index in [0.29, 0.717) is 18.0 Å². The number of ether oxygens (including phenoxy) is 1. The van der Waals surface area contributed by atoms with Crippen LogP contribution in [0.15, 0.2) is 72.1 Å². The fraction of sp³-hybridized carbons (Fsp3) is 0.364. The molecule has 5 heteroatoms. The van der Waals surface area contributed by atoms with Crippen LogP contribution in [0.5, 0.6) is 0 Å². The standard InChI is InChI=1S/C22H29NO3S/c1-4-16-23(27(24,25)22-14-12-19(2)13-15-22)17-8-11-21(26-3)18-20-9-6-5-7-10-20/h4-7,9-10,12-15,21H,1,8,11,16-18H2,2-3H3. The van der Waals surface area contributed by atoms with Crippen molar-refractivity contribution < 1.29 is 13.2 Å². The van der Waals surface area contributed by atoms with Gasteiger partial charge >= 0.3 is 0 Å². The summed E-state index contributed by atoms with van der Waals surface area (Å²) in [6.07, 6.45) is 4.04. The van der Waals surface area contributed by atoms with E-state index >= 15 is 0 Å². The Morgan fingerprint density at radius 2 is 1.78 bits per heavy atom. The summed E-state index contributed by atoms with van der Waals surface area (Å²) in [4.78, 5) is 0.322. The predicted molar refractivity (Wildman–Crippen MR) is 110 cm³/mol. The lowest BCUT2D eigenvalue weighted by molar-refractivity contribution is 0.0925. The van der Waals surface area contributed by atoms with Crippen molar-refractivity contribution in [3.05, 3.63) is 78.4 Å². The molecule has 0 aliphatic carbocycles. The zero-order chi connectivity index (χ0) is 19.7. The van der Waals surface area contributed by atoms with Gasteiger partial charge in [-0.15, -0.1) is 6.58 Å². The molecule has 0 aromatic heterocycles. The van der Waals surface area contributed by atoms with E-state index in [1.807, 2.05) is 37.3 Å². The maximum atomic E-state index is 12.9. The molecule has 0 bridgehead atoms. The molecule has 0 amide bonds. The summed E-state index contributed by atoms with van der Waals surface area (Å²) in [6, 6.07) is 17.1. The van der Waals surface area contributed by atoms with Crippen LogP contribution in [0.2, 0.25) is 0 Å². The van der Waals surface area contributed by atoms with Crippen molar-refractivity contribution in [2.75, 3.05) is 20.2 Å². The summed E-state index contributed by atoms with van der Waals surface area (Å²) in [5.74, 6) is 0. The molecule has 0 aliphatic heterocycles. The van der Waals surface area contributed by atoms with E-state index in [1.54, 1.807) is 25.3 Å². The summed E-state index contributed by atoms with van der Waals surface area (Å²) in [5, 5.41) is 0. The first-order chi connectivity index (χ1) is 13.0. The van der Waals surface area contributed by atoms with Gasteiger partial charge in [-0.2, -0.15) is 4.31 Å². The molecule has 1 unspecified atom stereocenters. The predicted octanol–water partition coefficient (Wildman–Crippen LogP) is 4.21. The van der Waals surface area contributed by atoms with Crippen LogP contribution in [0.3, 0.4) is 0 Å². The molecule has 146 valence electrons. The van der Waals surface area contributed by atoms with Crippen LogP contribution in [0.4, 0.5) is 0 Å². The molecule has 0 fully saturated rings. The van der Waals surface area contributed by atoms with Crippen LogP contribution < -0.4 is 0 Å². The minimum absolute atomic E-state index is 0.0695. The fourth-order valence-corrected chi connectivity index (χ4v) is 4.44. The van der Waals surface area contributed by atoms with Gasteiger partial charge in [0.25, 0.3) is 0 Å². The Morgan fingerprint density at radius 1 is 1.11 bits per heavy atom. The number of benzene rings is 2. The van der Waals surface area contributed by atoms with E-state index in [4.69, 9.17) is 4.74 Å². The molecular weight excluding hydrogens is 358 g/mol. The first kappa shape index (κ1) is 21.4. The molecule has 2 rings (SSSR count). The molecule has 4 nitrogen and oxygen atoms in total. The van der Waals surface area contributed by atoms with E-state index in [0.717, 1.165) is 24.8 Å². The average molecular weight is 388 g/mol. The lowest BCUT2D eigenvalue weighted by Gasteiger charge is -2.22. The highest BCUT2D eigenvalue weighted by molar-refractivity contribution is 7.89. The molecule has 0 radical (unpaired) electrons. The minimum atomic E-state index is -3.52. The normalized spacial score (nSPS) is 12.9. The Hall–Kier alpha value is -1.95. The molecule has 0 heterocycles. The Labute approximate surface area is 163 Å². The van der Waals surface area contributed by atoms with Gasteiger partial charge in [-0.25, -0.2) is 8.42 Å². The molecule has 2 aromatic rings. The van der Waals surface area contributed by atoms with Gasteiger partial charge in [0.2, 0.25) is 10.0 Å². The second kappa shape index (κ2) is 10.4. The molecule has 0 N–H and O–H groups in total. The molecule has 0 saturated heterocycles. The Bertz CT molecular complexity index is 801. The third kappa shape index (κ3) is 6.31. The number of sulfonamides is 1. The quantitative estimate of drug-likeness (QED) is 0.543. The number of rotatable bonds is 11. The third-order valence-corrected chi connectivity index (χ3v) is 6.44. The second-order valence-electron chi connectivity index (χ2n) is 6.65. The minimum Gasteiger partial charge on any atom is -0.381 e. The van der Waals surface area contributed by atoms with Crippen molar-refractivity contribution in [1.82, 2.24) is 4.31 Å².